The van der Waals surface area contributed by atoms with Crippen LogP contribution < -0.4 is 4.74 Å². The van der Waals surface area contributed by atoms with E-state index in [9.17, 15) is 5.11 Å². The summed E-state index contributed by atoms with van der Waals surface area (Å²) in [5.41, 5.74) is 0.759. The number of benzene rings is 1. The van der Waals surface area contributed by atoms with Crippen molar-refractivity contribution in [1.82, 2.24) is 0 Å². The minimum atomic E-state index is -0.533. The lowest BCUT2D eigenvalue weighted by Crippen LogP contribution is -2.00. The molecule has 1 aromatic rings. The Morgan fingerprint density at radius 2 is 2.20 bits per heavy atom. The van der Waals surface area contributed by atoms with Gasteiger partial charge >= 0.3 is 0 Å². The number of aliphatic hydroxyl groups is 2. The molecule has 0 aliphatic rings. The monoisotopic (exact) mass is 230 g/mol. The summed E-state index contributed by atoms with van der Waals surface area (Å²) >= 11 is 5.95. The van der Waals surface area contributed by atoms with Crippen LogP contribution in [0.5, 0.6) is 5.75 Å². The van der Waals surface area contributed by atoms with Gasteiger partial charge in [-0.05, 0) is 24.6 Å². The number of hydrogen-bond donors (Lipinski definition) is 2. The number of rotatable bonds is 5. The molecule has 0 heterocycles. The highest BCUT2D eigenvalue weighted by Crippen LogP contribution is 2.27. The average molecular weight is 231 g/mol. The normalized spacial score (nSPS) is 12.5. The van der Waals surface area contributed by atoms with E-state index in [1.165, 1.54) is 0 Å². The molecule has 2 N–H and O–H groups in total. The van der Waals surface area contributed by atoms with E-state index in [1.807, 2.05) is 0 Å². The van der Waals surface area contributed by atoms with Crippen molar-refractivity contribution in [3.8, 4) is 5.75 Å². The molecule has 1 atom stereocenters. The molecule has 1 rings (SSSR count). The molecule has 0 aliphatic carbocycles. The third-order valence-corrected chi connectivity index (χ3v) is 2.29. The predicted molar refractivity (Wildman–Crippen MR) is 59.3 cm³/mol. The van der Waals surface area contributed by atoms with E-state index >= 15 is 0 Å². The van der Waals surface area contributed by atoms with E-state index in [-0.39, 0.29) is 6.61 Å². The molecule has 3 nitrogen and oxygen atoms in total. The topological polar surface area (TPSA) is 49.7 Å². The predicted octanol–water partition coefficient (Wildman–Crippen LogP) is 2.15. The molecule has 0 aliphatic heterocycles. The summed E-state index contributed by atoms with van der Waals surface area (Å²) in [7, 11) is 0. The van der Waals surface area contributed by atoms with Crippen LogP contribution in [-0.4, -0.2) is 23.4 Å². The van der Waals surface area contributed by atoms with Crippen molar-refractivity contribution < 1.29 is 14.9 Å². The summed E-state index contributed by atoms with van der Waals surface area (Å²) < 4.78 is 5.34. The van der Waals surface area contributed by atoms with Crippen molar-refractivity contribution >= 4 is 11.6 Å². The maximum Gasteiger partial charge on any atom is 0.137 e. The zero-order valence-electron chi connectivity index (χ0n) is 8.61. The van der Waals surface area contributed by atoms with Gasteiger partial charge in [-0.1, -0.05) is 17.7 Å². The quantitative estimate of drug-likeness (QED) is 0.763. The van der Waals surface area contributed by atoms with Crippen LogP contribution in [-0.2, 0) is 0 Å². The molecule has 0 saturated carbocycles. The lowest BCUT2D eigenvalue weighted by Gasteiger charge is -2.10. The van der Waals surface area contributed by atoms with Crippen LogP contribution in [0.2, 0.25) is 5.02 Å². The maximum atomic E-state index is 9.32. The Hall–Kier alpha value is -0.770. The summed E-state index contributed by atoms with van der Waals surface area (Å²) in [6, 6.07) is 5.17. The summed E-state index contributed by atoms with van der Waals surface area (Å²) in [5, 5.41) is 18.4. The third-order valence-electron chi connectivity index (χ3n) is 2.00. The lowest BCUT2D eigenvalue weighted by atomic mass is 10.1. The van der Waals surface area contributed by atoms with Crippen LogP contribution in [0.4, 0.5) is 0 Å². The molecule has 4 heteroatoms. The molecule has 84 valence electrons. The van der Waals surface area contributed by atoms with Crippen molar-refractivity contribution in [2.45, 2.75) is 19.4 Å². The molecule has 0 unspecified atom stereocenters. The maximum absolute atomic E-state index is 9.32. The fraction of sp³-hybridized carbons (Fsp3) is 0.455. The zero-order valence-corrected chi connectivity index (χ0v) is 9.37. The summed E-state index contributed by atoms with van der Waals surface area (Å²) in [6.07, 6.45) is 0.0445. The lowest BCUT2D eigenvalue weighted by molar-refractivity contribution is 0.199. The van der Waals surface area contributed by atoms with E-state index in [0.717, 1.165) is 5.56 Å². The van der Waals surface area contributed by atoms with Gasteiger partial charge in [-0.25, -0.2) is 0 Å². The van der Waals surface area contributed by atoms with E-state index in [0.29, 0.717) is 23.8 Å². The Kier molecular flexibility index (Phi) is 4.88. The minimum Gasteiger partial charge on any atom is -0.492 e. The fourth-order valence-corrected chi connectivity index (χ4v) is 1.38. The van der Waals surface area contributed by atoms with Gasteiger partial charge in [-0.15, -0.1) is 0 Å². The SMILES string of the molecule is C[C@H](O)c1ccc(OCCCO)c(Cl)c1. The molecule has 0 radical (unpaired) electrons. The molecular formula is C11H15ClO3. The van der Waals surface area contributed by atoms with Crippen molar-refractivity contribution in [2.75, 3.05) is 13.2 Å². The number of ether oxygens (including phenoxy) is 1. The van der Waals surface area contributed by atoms with Crippen molar-refractivity contribution in [3.05, 3.63) is 28.8 Å². The van der Waals surface area contributed by atoms with Crippen LogP contribution in [0.1, 0.15) is 25.0 Å². The number of halogens is 1. The van der Waals surface area contributed by atoms with Gasteiger partial charge in [0.1, 0.15) is 5.75 Å². The third kappa shape index (κ3) is 3.70. The van der Waals surface area contributed by atoms with E-state index in [4.69, 9.17) is 21.4 Å². The van der Waals surface area contributed by atoms with Gasteiger partial charge in [0.2, 0.25) is 0 Å². The van der Waals surface area contributed by atoms with Crippen LogP contribution >= 0.6 is 11.6 Å². The van der Waals surface area contributed by atoms with Gasteiger partial charge in [0.05, 0.1) is 17.7 Å². The van der Waals surface area contributed by atoms with Gasteiger partial charge in [-0.2, -0.15) is 0 Å². The largest absolute Gasteiger partial charge is 0.492 e. The van der Waals surface area contributed by atoms with E-state index in [2.05, 4.69) is 0 Å². The Bertz CT molecular complexity index is 313. The van der Waals surface area contributed by atoms with Gasteiger partial charge in [-0.3, -0.25) is 0 Å². The highest BCUT2D eigenvalue weighted by molar-refractivity contribution is 6.32. The Balaban J connectivity index is 2.66. The molecular weight excluding hydrogens is 216 g/mol. The van der Waals surface area contributed by atoms with E-state index in [1.54, 1.807) is 25.1 Å². The standard InChI is InChI=1S/C11H15ClO3/c1-8(14)9-3-4-11(10(12)7-9)15-6-2-5-13/h3-4,7-8,13-14H,2,5-6H2,1H3/t8-/m0/s1. The second-order valence-corrected chi connectivity index (χ2v) is 3.70. The smallest absolute Gasteiger partial charge is 0.137 e. The van der Waals surface area contributed by atoms with Gasteiger partial charge < -0.3 is 14.9 Å². The number of hydrogen-bond acceptors (Lipinski definition) is 3. The van der Waals surface area contributed by atoms with Crippen LogP contribution in [0.25, 0.3) is 0 Å². The fourth-order valence-electron chi connectivity index (χ4n) is 1.14. The molecule has 0 bridgehead atoms. The Morgan fingerprint density at radius 1 is 1.47 bits per heavy atom. The van der Waals surface area contributed by atoms with Crippen molar-refractivity contribution in [3.63, 3.8) is 0 Å². The average Bonchev–Trinajstić information content (AvgIpc) is 2.20. The van der Waals surface area contributed by atoms with Crippen LogP contribution in [0.15, 0.2) is 18.2 Å². The first-order valence-corrected chi connectivity index (χ1v) is 5.24. The molecule has 1 aromatic carbocycles. The Labute approximate surface area is 94.3 Å². The zero-order chi connectivity index (χ0) is 11.3. The van der Waals surface area contributed by atoms with Gasteiger partial charge in [0.25, 0.3) is 0 Å². The van der Waals surface area contributed by atoms with Crippen LogP contribution in [0.3, 0.4) is 0 Å². The van der Waals surface area contributed by atoms with Gasteiger partial charge in [0, 0.05) is 13.0 Å². The first-order valence-electron chi connectivity index (χ1n) is 4.86. The van der Waals surface area contributed by atoms with Crippen molar-refractivity contribution in [1.29, 1.82) is 0 Å². The van der Waals surface area contributed by atoms with Crippen molar-refractivity contribution in [2.24, 2.45) is 0 Å². The highest BCUT2D eigenvalue weighted by atomic mass is 35.5. The van der Waals surface area contributed by atoms with Gasteiger partial charge in [0.15, 0.2) is 0 Å². The number of aliphatic hydroxyl groups excluding tert-OH is 2. The molecule has 0 fully saturated rings. The summed E-state index contributed by atoms with van der Waals surface area (Å²) in [6.45, 7) is 2.21. The second kappa shape index (κ2) is 5.95. The van der Waals surface area contributed by atoms with Crippen LogP contribution in [0, 0.1) is 0 Å². The molecule has 0 amide bonds. The second-order valence-electron chi connectivity index (χ2n) is 3.29. The molecule has 0 spiro atoms. The first kappa shape index (κ1) is 12.3. The summed E-state index contributed by atoms with van der Waals surface area (Å²) in [4.78, 5) is 0. The summed E-state index contributed by atoms with van der Waals surface area (Å²) in [5.74, 6) is 0.578. The first-order chi connectivity index (χ1) is 7.15. The van der Waals surface area contributed by atoms with E-state index < -0.39 is 6.10 Å². The highest BCUT2D eigenvalue weighted by Gasteiger charge is 2.06. The molecule has 0 saturated heterocycles. The molecule has 15 heavy (non-hydrogen) atoms. The Morgan fingerprint density at radius 3 is 2.73 bits per heavy atom. The minimum absolute atomic E-state index is 0.101. The molecule has 0 aromatic heterocycles.